The van der Waals surface area contributed by atoms with Crippen molar-refractivity contribution in [1.82, 2.24) is 0 Å². The molecule has 1 aliphatic carbocycles. The van der Waals surface area contributed by atoms with Crippen LogP contribution in [0.3, 0.4) is 0 Å². The first-order chi connectivity index (χ1) is 17.9. The van der Waals surface area contributed by atoms with Gasteiger partial charge >= 0.3 is 0 Å². The molecule has 10 heteroatoms. The molecule has 0 nitrogen and oxygen atoms in total. The Morgan fingerprint density at radius 3 is 1.62 bits per heavy atom. The van der Waals surface area contributed by atoms with E-state index in [4.69, 9.17) is 0 Å². The lowest BCUT2D eigenvalue weighted by molar-refractivity contribution is 0.609. The van der Waals surface area contributed by atoms with E-state index in [2.05, 4.69) is 163 Å². The van der Waals surface area contributed by atoms with Crippen LogP contribution in [0.2, 0.25) is 0 Å². The van der Waals surface area contributed by atoms with E-state index in [1.54, 1.807) is 0 Å². The van der Waals surface area contributed by atoms with Gasteiger partial charge < -0.3 is 0 Å². The van der Waals surface area contributed by atoms with Crippen LogP contribution in [-0.2, 0) is 0 Å². The molecule has 15 atom stereocenters. The second kappa shape index (κ2) is 14.5. The van der Waals surface area contributed by atoms with Gasteiger partial charge in [-0.1, -0.05) is 26.7 Å². The van der Waals surface area contributed by atoms with Crippen LogP contribution < -0.4 is 0 Å². The Morgan fingerprint density at radius 1 is 0.541 bits per heavy atom. The SMILES string of the molecule is CSC(C)C1SC2CCCCC3SC(C(C)SC)C(SC)C4SC3C3SC4C(SC)CC(SC)C1SC23. The molecule has 5 rings (SSSR count). The Morgan fingerprint density at radius 2 is 1.05 bits per heavy atom. The van der Waals surface area contributed by atoms with Gasteiger partial charge in [0.05, 0.1) is 0 Å². The summed E-state index contributed by atoms with van der Waals surface area (Å²) in [5.74, 6) is 0. The van der Waals surface area contributed by atoms with Gasteiger partial charge in [0.2, 0.25) is 0 Å². The van der Waals surface area contributed by atoms with Crippen molar-refractivity contribution < 1.29 is 0 Å². The lowest BCUT2D eigenvalue weighted by atomic mass is 10.0. The molecule has 4 aliphatic heterocycles. The Bertz CT molecular complexity index is 740. The first-order valence-corrected chi connectivity index (χ1v) is 25.0. The van der Waals surface area contributed by atoms with E-state index in [0.29, 0.717) is 0 Å². The molecule has 5 aliphatic rings. The summed E-state index contributed by atoms with van der Waals surface area (Å²) >= 11 is 23.4. The molecule has 6 bridgehead atoms. The molecule has 0 radical (unpaired) electrons. The molecular weight excluding hydrogens is 645 g/mol. The first-order valence-electron chi connectivity index (χ1n) is 13.9. The molecule has 15 unspecified atom stereocenters. The number of rotatable bonds is 7. The molecular formula is C27H46S10. The van der Waals surface area contributed by atoms with Gasteiger partial charge in [-0.05, 0) is 50.5 Å². The maximum absolute atomic E-state index is 2.54. The van der Waals surface area contributed by atoms with E-state index in [-0.39, 0.29) is 0 Å². The van der Waals surface area contributed by atoms with E-state index >= 15 is 0 Å². The highest BCUT2D eigenvalue weighted by molar-refractivity contribution is 8.14. The third kappa shape index (κ3) is 6.49. The number of hydrogen-bond acceptors (Lipinski definition) is 10. The summed E-state index contributed by atoms with van der Waals surface area (Å²) in [5, 5.41) is 12.0. The van der Waals surface area contributed by atoms with Crippen molar-refractivity contribution in [3.8, 4) is 0 Å². The van der Waals surface area contributed by atoms with Gasteiger partial charge in [-0.15, -0.1) is 0 Å². The van der Waals surface area contributed by atoms with Gasteiger partial charge in [-0.3, -0.25) is 0 Å². The second-order valence-electron chi connectivity index (χ2n) is 11.1. The zero-order valence-corrected chi connectivity index (χ0v) is 31.4. The van der Waals surface area contributed by atoms with E-state index < -0.39 is 0 Å². The minimum Gasteiger partial charge on any atom is -0.161 e. The third-order valence-electron chi connectivity index (χ3n) is 9.25. The lowest BCUT2D eigenvalue weighted by Gasteiger charge is -2.50. The van der Waals surface area contributed by atoms with Gasteiger partial charge in [0.1, 0.15) is 0 Å². The van der Waals surface area contributed by atoms with Gasteiger partial charge in [0.15, 0.2) is 0 Å². The summed E-state index contributed by atoms with van der Waals surface area (Å²) in [5.41, 5.74) is 0. The Balaban J connectivity index is 1.61. The van der Waals surface area contributed by atoms with Crippen molar-refractivity contribution >= 4 is 118 Å². The van der Waals surface area contributed by atoms with Crippen LogP contribution in [-0.4, -0.2) is 110 Å². The Kier molecular flexibility index (Phi) is 12.5. The van der Waals surface area contributed by atoms with E-state index in [9.17, 15) is 0 Å². The van der Waals surface area contributed by atoms with Crippen LogP contribution in [0.1, 0.15) is 46.0 Å². The van der Waals surface area contributed by atoms with Crippen LogP contribution in [0.4, 0.5) is 0 Å². The summed E-state index contributed by atoms with van der Waals surface area (Å²) in [4.78, 5) is 0. The van der Waals surface area contributed by atoms with Gasteiger partial charge in [0.25, 0.3) is 0 Å². The summed E-state index contributed by atoms with van der Waals surface area (Å²) in [7, 11) is 0. The van der Waals surface area contributed by atoms with Crippen LogP contribution in [0.15, 0.2) is 0 Å². The molecule has 0 aromatic rings. The maximum atomic E-state index is 2.54. The van der Waals surface area contributed by atoms with Gasteiger partial charge in [-0.25, -0.2) is 0 Å². The van der Waals surface area contributed by atoms with Crippen molar-refractivity contribution in [2.75, 3.05) is 31.3 Å². The summed E-state index contributed by atoms with van der Waals surface area (Å²) in [6, 6.07) is 0. The highest BCUT2D eigenvalue weighted by Crippen LogP contribution is 2.63. The van der Waals surface area contributed by atoms with Crippen LogP contribution >= 0.6 is 118 Å². The second-order valence-corrected chi connectivity index (χ2v) is 23.7. The van der Waals surface area contributed by atoms with Crippen molar-refractivity contribution in [3.05, 3.63) is 0 Å². The molecule has 1 saturated carbocycles. The van der Waals surface area contributed by atoms with Crippen molar-refractivity contribution in [2.24, 2.45) is 0 Å². The molecule has 0 aromatic carbocycles. The molecule has 0 amide bonds. The van der Waals surface area contributed by atoms with E-state index in [0.717, 1.165) is 78.7 Å². The van der Waals surface area contributed by atoms with Gasteiger partial charge in [0, 0.05) is 78.7 Å². The predicted octanol–water partition coefficient (Wildman–Crippen LogP) is 9.05. The van der Waals surface area contributed by atoms with E-state index in [1.165, 1.54) is 32.1 Å². The van der Waals surface area contributed by atoms with Gasteiger partial charge in [-0.2, -0.15) is 118 Å². The summed E-state index contributed by atoms with van der Waals surface area (Å²) < 4.78 is 0. The zero-order valence-electron chi connectivity index (χ0n) is 23.3. The molecule has 0 spiro atoms. The quantitative estimate of drug-likeness (QED) is 0.253. The van der Waals surface area contributed by atoms with Crippen molar-refractivity contribution in [2.45, 2.75) is 125 Å². The smallest absolute Gasteiger partial charge is 0.0310 e. The maximum Gasteiger partial charge on any atom is 0.0310 e. The van der Waals surface area contributed by atoms with Crippen LogP contribution in [0, 0.1) is 0 Å². The largest absolute Gasteiger partial charge is 0.161 e. The standard InChI is InChI=1S/C27H46S10/c1-13(28-3)19-23-17(30-5)12-18(31-6)24-27-25(32-7)20(14(2)29-4)34-16-11-9-8-10-15(33-19)21(35-23)26(37-24)22(16)36-27/h13-27H,8-12H2,1-7H3. The third-order valence-corrected chi connectivity index (χ3v) is 26.0. The fourth-order valence-electron chi connectivity index (χ4n) is 7.04. The lowest BCUT2D eigenvalue weighted by Crippen LogP contribution is -2.53. The molecule has 0 N–H and O–H groups in total. The molecule has 0 aromatic heterocycles. The monoisotopic (exact) mass is 690 g/mol. The predicted molar refractivity (Wildman–Crippen MR) is 197 cm³/mol. The van der Waals surface area contributed by atoms with Crippen molar-refractivity contribution in [3.63, 3.8) is 0 Å². The highest BCUT2D eigenvalue weighted by atomic mass is 32.2. The summed E-state index contributed by atoms with van der Waals surface area (Å²) in [6.45, 7) is 5.08. The fourth-order valence-corrected chi connectivity index (χ4v) is 25.2. The highest BCUT2D eigenvalue weighted by Gasteiger charge is 2.58. The average Bonchev–Trinajstić information content (AvgIpc) is 2.97. The van der Waals surface area contributed by atoms with Crippen LogP contribution in [0.25, 0.3) is 0 Å². The normalized spacial score (nSPS) is 49.5. The minimum atomic E-state index is 0.740. The van der Waals surface area contributed by atoms with Crippen molar-refractivity contribution in [1.29, 1.82) is 0 Å². The van der Waals surface area contributed by atoms with E-state index in [1.807, 2.05) is 0 Å². The fraction of sp³-hybridized carbons (Fsp3) is 1.00. The zero-order chi connectivity index (χ0) is 26.3. The molecule has 37 heavy (non-hydrogen) atoms. The number of hydrogen-bond donors (Lipinski definition) is 0. The summed E-state index contributed by atoms with van der Waals surface area (Å²) in [6.07, 6.45) is 19.3. The molecule has 214 valence electrons. The average molecular weight is 691 g/mol. The Labute approximate surface area is 270 Å². The molecule has 4 heterocycles. The molecule has 5 fully saturated rings. The molecule has 4 saturated heterocycles. The first kappa shape index (κ1) is 31.9. The number of thioether (sulfide) groups is 10. The topological polar surface area (TPSA) is 0 Å². The van der Waals surface area contributed by atoms with Crippen LogP contribution in [0.5, 0.6) is 0 Å². The minimum absolute atomic E-state index is 0.740. The Hall–Kier alpha value is 3.50. The number of fused-ring (bicyclic) bond motifs is 4.